The summed E-state index contributed by atoms with van der Waals surface area (Å²) in [5.74, 6) is -0.447. The number of amides is 2. The van der Waals surface area contributed by atoms with Crippen molar-refractivity contribution >= 4 is 27.7 Å². The van der Waals surface area contributed by atoms with Crippen molar-refractivity contribution in [3.05, 3.63) is 81.6 Å². The standard InChI is InChI=1S/C22H23BrN4O2/c1-15-20(16(2)27(25-15)19-10-5-4-6-11-19)14-26(3)21(28)13-24-22(29)17-8-7-9-18(23)12-17/h4-12H,13-14H2,1-3H3,(H,24,29). The molecule has 0 saturated carbocycles. The summed E-state index contributed by atoms with van der Waals surface area (Å²) in [5.41, 5.74) is 4.36. The van der Waals surface area contributed by atoms with Crippen molar-refractivity contribution in [3.63, 3.8) is 0 Å². The Bertz CT molecular complexity index is 1030. The molecule has 0 atom stereocenters. The van der Waals surface area contributed by atoms with Gasteiger partial charge >= 0.3 is 0 Å². The van der Waals surface area contributed by atoms with Gasteiger partial charge in [0.25, 0.3) is 5.91 Å². The lowest BCUT2D eigenvalue weighted by molar-refractivity contribution is -0.129. The summed E-state index contributed by atoms with van der Waals surface area (Å²) >= 11 is 3.34. The number of benzene rings is 2. The Kier molecular flexibility index (Phi) is 6.49. The molecule has 0 aliphatic carbocycles. The van der Waals surface area contributed by atoms with Gasteiger partial charge in [-0.15, -0.1) is 0 Å². The molecule has 1 N–H and O–H groups in total. The summed E-state index contributed by atoms with van der Waals surface area (Å²) < 4.78 is 2.70. The molecule has 7 heteroatoms. The van der Waals surface area contributed by atoms with E-state index in [1.807, 2.05) is 54.9 Å². The molecule has 3 rings (SSSR count). The number of hydrogen-bond donors (Lipinski definition) is 1. The minimum Gasteiger partial charge on any atom is -0.343 e. The highest BCUT2D eigenvalue weighted by Gasteiger charge is 2.18. The van der Waals surface area contributed by atoms with Gasteiger partial charge in [0.2, 0.25) is 5.91 Å². The van der Waals surface area contributed by atoms with Crippen molar-refractivity contribution in [1.82, 2.24) is 20.0 Å². The summed E-state index contributed by atoms with van der Waals surface area (Å²) in [6.45, 7) is 4.30. The number of nitrogens with zero attached hydrogens (tertiary/aromatic N) is 3. The molecule has 0 spiro atoms. The van der Waals surface area contributed by atoms with E-state index in [2.05, 4.69) is 26.3 Å². The highest BCUT2D eigenvalue weighted by atomic mass is 79.9. The molecule has 29 heavy (non-hydrogen) atoms. The minimum absolute atomic E-state index is 0.0627. The molecule has 0 unspecified atom stereocenters. The van der Waals surface area contributed by atoms with Gasteiger partial charge in [0, 0.05) is 34.9 Å². The van der Waals surface area contributed by atoms with Gasteiger partial charge in [0.05, 0.1) is 17.9 Å². The van der Waals surface area contributed by atoms with E-state index < -0.39 is 0 Å². The van der Waals surface area contributed by atoms with Crippen LogP contribution in [0.25, 0.3) is 5.69 Å². The summed E-state index contributed by atoms with van der Waals surface area (Å²) in [6.07, 6.45) is 0. The zero-order valence-electron chi connectivity index (χ0n) is 16.6. The fourth-order valence-corrected chi connectivity index (χ4v) is 3.47. The van der Waals surface area contributed by atoms with E-state index in [0.29, 0.717) is 12.1 Å². The number of halogens is 1. The summed E-state index contributed by atoms with van der Waals surface area (Å²) in [7, 11) is 1.73. The van der Waals surface area contributed by atoms with E-state index in [4.69, 9.17) is 0 Å². The average molecular weight is 455 g/mol. The lowest BCUT2D eigenvalue weighted by Gasteiger charge is -2.18. The molecule has 0 bridgehead atoms. The first-order chi connectivity index (χ1) is 13.9. The fraction of sp³-hybridized carbons (Fsp3) is 0.227. The average Bonchev–Trinajstić information content (AvgIpc) is 3.00. The molecule has 1 heterocycles. The largest absolute Gasteiger partial charge is 0.343 e. The Labute approximate surface area is 178 Å². The predicted molar refractivity (Wildman–Crippen MR) is 116 cm³/mol. The Morgan fingerprint density at radius 1 is 1.10 bits per heavy atom. The van der Waals surface area contributed by atoms with Crippen molar-refractivity contribution in [2.24, 2.45) is 0 Å². The van der Waals surface area contributed by atoms with Crippen molar-refractivity contribution in [3.8, 4) is 5.69 Å². The van der Waals surface area contributed by atoms with Gasteiger partial charge in [0.1, 0.15) is 0 Å². The van der Waals surface area contributed by atoms with Crippen LogP contribution >= 0.6 is 15.9 Å². The molecular weight excluding hydrogens is 432 g/mol. The number of aryl methyl sites for hydroxylation is 1. The van der Waals surface area contributed by atoms with Gasteiger partial charge in [-0.1, -0.05) is 40.2 Å². The van der Waals surface area contributed by atoms with E-state index in [1.54, 1.807) is 30.1 Å². The number of likely N-dealkylation sites (N-methyl/N-ethyl adjacent to an activating group) is 1. The number of hydrogen-bond acceptors (Lipinski definition) is 3. The first-order valence-corrected chi connectivity index (χ1v) is 10.0. The van der Waals surface area contributed by atoms with E-state index >= 15 is 0 Å². The van der Waals surface area contributed by atoms with Crippen LogP contribution in [0.4, 0.5) is 0 Å². The summed E-state index contributed by atoms with van der Waals surface area (Å²) in [6, 6.07) is 16.9. The summed E-state index contributed by atoms with van der Waals surface area (Å²) in [5, 5.41) is 7.30. The van der Waals surface area contributed by atoms with Crippen molar-refractivity contribution in [2.45, 2.75) is 20.4 Å². The van der Waals surface area contributed by atoms with Crippen LogP contribution in [0.1, 0.15) is 27.3 Å². The summed E-state index contributed by atoms with van der Waals surface area (Å²) in [4.78, 5) is 26.4. The zero-order chi connectivity index (χ0) is 21.0. The lowest BCUT2D eigenvalue weighted by atomic mass is 10.2. The number of para-hydroxylation sites is 1. The van der Waals surface area contributed by atoms with Crippen LogP contribution in [0.15, 0.2) is 59.1 Å². The van der Waals surface area contributed by atoms with Crippen molar-refractivity contribution in [2.75, 3.05) is 13.6 Å². The number of aromatic nitrogens is 2. The van der Waals surface area contributed by atoms with Crippen LogP contribution in [0.3, 0.4) is 0 Å². The van der Waals surface area contributed by atoms with Gasteiger partial charge in [-0.3, -0.25) is 9.59 Å². The second kappa shape index (κ2) is 9.05. The van der Waals surface area contributed by atoms with Gasteiger partial charge in [0.15, 0.2) is 0 Å². The third-order valence-electron chi connectivity index (χ3n) is 4.75. The third-order valence-corrected chi connectivity index (χ3v) is 5.24. The number of carbonyl (C=O) groups excluding carboxylic acids is 2. The molecule has 6 nitrogen and oxygen atoms in total. The first-order valence-electron chi connectivity index (χ1n) is 9.25. The predicted octanol–water partition coefficient (Wildman–Crippen LogP) is 3.64. The zero-order valence-corrected chi connectivity index (χ0v) is 18.2. The molecule has 3 aromatic rings. The molecule has 0 aliphatic heterocycles. The van der Waals surface area contributed by atoms with Crippen LogP contribution in [0, 0.1) is 13.8 Å². The minimum atomic E-state index is -0.280. The quantitative estimate of drug-likeness (QED) is 0.617. The molecule has 150 valence electrons. The Balaban J connectivity index is 1.64. The number of nitrogens with one attached hydrogen (secondary N) is 1. The maximum atomic E-state index is 12.5. The lowest BCUT2D eigenvalue weighted by Crippen LogP contribution is -2.38. The molecular formula is C22H23BrN4O2. The topological polar surface area (TPSA) is 67.2 Å². The monoisotopic (exact) mass is 454 g/mol. The van der Waals surface area contributed by atoms with Gasteiger partial charge in [-0.2, -0.15) is 5.10 Å². The highest BCUT2D eigenvalue weighted by Crippen LogP contribution is 2.19. The van der Waals surface area contributed by atoms with E-state index in [1.165, 1.54) is 0 Å². The Hall–Kier alpha value is -2.93. The molecule has 2 aromatic carbocycles. The number of rotatable bonds is 6. The van der Waals surface area contributed by atoms with Crippen LogP contribution in [0.5, 0.6) is 0 Å². The van der Waals surface area contributed by atoms with Crippen LogP contribution in [0.2, 0.25) is 0 Å². The second-order valence-electron chi connectivity index (χ2n) is 6.84. The maximum absolute atomic E-state index is 12.5. The van der Waals surface area contributed by atoms with E-state index in [9.17, 15) is 9.59 Å². The normalized spacial score (nSPS) is 10.6. The highest BCUT2D eigenvalue weighted by molar-refractivity contribution is 9.10. The van der Waals surface area contributed by atoms with Gasteiger partial charge < -0.3 is 10.2 Å². The maximum Gasteiger partial charge on any atom is 0.251 e. The fourth-order valence-electron chi connectivity index (χ4n) is 3.07. The van der Waals surface area contributed by atoms with Crippen LogP contribution in [-0.2, 0) is 11.3 Å². The Morgan fingerprint density at radius 3 is 2.52 bits per heavy atom. The second-order valence-corrected chi connectivity index (χ2v) is 7.76. The van der Waals surface area contributed by atoms with Gasteiger partial charge in [-0.25, -0.2) is 4.68 Å². The van der Waals surface area contributed by atoms with Crippen molar-refractivity contribution in [1.29, 1.82) is 0 Å². The molecule has 0 aliphatic rings. The van der Waals surface area contributed by atoms with Gasteiger partial charge in [-0.05, 0) is 44.2 Å². The van der Waals surface area contributed by atoms with E-state index in [-0.39, 0.29) is 18.4 Å². The Morgan fingerprint density at radius 2 is 1.83 bits per heavy atom. The smallest absolute Gasteiger partial charge is 0.251 e. The molecule has 1 aromatic heterocycles. The van der Waals surface area contributed by atoms with Crippen LogP contribution in [-0.4, -0.2) is 40.1 Å². The molecule has 2 amide bonds. The van der Waals surface area contributed by atoms with Crippen LogP contribution < -0.4 is 5.32 Å². The van der Waals surface area contributed by atoms with E-state index in [0.717, 1.165) is 27.1 Å². The molecule has 0 radical (unpaired) electrons. The first kappa shape index (κ1) is 20.8. The molecule has 0 saturated heterocycles. The third kappa shape index (κ3) is 4.92. The number of carbonyl (C=O) groups is 2. The SMILES string of the molecule is Cc1nn(-c2ccccc2)c(C)c1CN(C)C(=O)CNC(=O)c1cccc(Br)c1. The van der Waals surface area contributed by atoms with Crippen molar-refractivity contribution < 1.29 is 9.59 Å². The molecule has 0 fully saturated rings.